The van der Waals surface area contributed by atoms with Gasteiger partial charge >= 0.3 is 0 Å². The van der Waals surface area contributed by atoms with Crippen LogP contribution in [0.2, 0.25) is 0 Å². The van der Waals surface area contributed by atoms with Gasteiger partial charge in [-0.2, -0.15) is 0 Å². The van der Waals surface area contributed by atoms with Crippen molar-refractivity contribution in [3.05, 3.63) is 0 Å². The molecular formula is C10H22N2. The maximum Gasteiger partial charge on any atom is -0.00186 e. The number of hydrogen-bond donors (Lipinski definition) is 1. The summed E-state index contributed by atoms with van der Waals surface area (Å²) in [5, 5.41) is 0. The lowest BCUT2D eigenvalue weighted by Gasteiger charge is -2.21. The van der Waals surface area contributed by atoms with E-state index in [2.05, 4.69) is 18.9 Å². The van der Waals surface area contributed by atoms with Gasteiger partial charge in [0.05, 0.1) is 0 Å². The van der Waals surface area contributed by atoms with E-state index in [1.54, 1.807) is 0 Å². The summed E-state index contributed by atoms with van der Waals surface area (Å²) in [5.41, 5.74) is 5.77. The molecule has 0 amide bonds. The number of nitrogens with zero attached hydrogens (tertiary/aromatic N) is 1. The molecule has 1 aliphatic heterocycles. The zero-order chi connectivity index (χ0) is 8.97. The highest BCUT2D eigenvalue weighted by molar-refractivity contribution is 4.75. The lowest BCUT2D eigenvalue weighted by Crippen LogP contribution is -2.23. The predicted octanol–water partition coefficient (Wildman–Crippen LogP) is 1.31. The molecule has 1 fully saturated rings. The molecule has 72 valence electrons. The van der Waals surface area contributed by atoms with Crippen molar-refractivity contribution >= 4 is 0 Å². The third kappa shape index (κ3) is 2.46. The number of rotatable bonds is 2. The lowest BCUT2D eigenvalue weighted by molar-refractivity contribution is 0.320. The van der Waals surface area contributed by atoms with Crippen LogP contribution in [0.5, 0.6) is 0 Å². The summed E-state index contributed by atoms with van der Waals surface area (Å²) < 4.78 is 0. The zero-order valence-electron chi connectivity index (χ0n) is 8.42. The van der Waals surface area contributed by atoms with E-state index >= 15 is 0 Å². The van der Waals surface area contributed by atoms with Crippen LogP contribution in [0.25, 0.3) is 0 Å². The van der Waals surface area contributed by atoms with Crippen molar-refractivity contribution in [2.45, 2.75) is 26.2 Å². The summed E-state index contributed by atoms with van der Waals surface area (Å²) in [6.07, 6.45) is 3.94. The Labute approximate surface area is 76.1 Å². The summed E-state index contributed by atoms with van der Waals surface area (Å²) in [6, 6.07) is 0. The van der Waals surface area contributed by atoms with Crippen molar-refractivity contribution in [3.8, 4) is 0 Å². The molecule has 1 rings (SSSR count). The van der Waals surface area contributed by atoms with Gasteiger partial charge in [-0.05, 0) is 51.4 Å². The molecule has 2 atom stereocenters. The van der Waals surface area contributed by atoms with Gasteiger partial charge in [-0.25, -0.2) is 0 Å². The Bertz CT molecular complexity index is 111. The van der Waals surface area contributed by atoms with E-state index < -0.39 is 0 Å². The topological polar surface area (TPSA) is 29.3 Å². The number of likely N-dealkylation sites (tertiary alicyclic amines) is 1. The first-order valence-electron chi connectivity index (χ1n) is 5.16. The van der Waals surface area contributed by atoms with E-state index in [0.29, 0.717) is 0 Å². The predicted molar refractivity (Wildman–Crippen MR) is 53.1 cm³/mol. The summed E-state index contributed by atoms with van der Waals surface area (Å²) in [5.74, 6) is 1.65. The average Bonchev–Trinajstić information content (AvgIpc) is 2.27. The third-order valence-corrected chi connectivity index (χ3v) is 3.26. The largest absolute Gasteiger partial charge is 0.330 e. The van der Waals surface area contributed by atoms with E-state index in [9.17, 15) is 0 Å². The van der Waals surface area contributed by atoms with Crippen LogP contribution >= 0.6 is 0 Å². The van der Waals surface area contributed by atoms with Gasteiger partial charge in [0, 0.05) is 0 Å². The van der Waals surface area contributed by atoms with Gasteiger partial charge in [0.2, 0.25) is 0 Å². The highest BCUT2D eigenvalue weighted by atomic mass is 15.1. The summed E-state index contributed by atoms with van der Waals surface area (Å²) in [4.78, 5) is 2.43. The first-order chi connectivity index (χ1) is 5.77. The molecule has 1 heterocycles. The maximum atomic E-state index is 5.77. The van der Waals surface area contributed by atoms with E-state index in [-0.39, 0.29) is 0 Å². The molecule has 12 heavy (non-hydrogen) atoms. The average molecular weight is 170 g/mol. The second kappa shape index (κ2) is 4.83. The van der Waals surface area contributed by atoms with Crippen LogP contribution in [-0.4, -0.2) is 31.6 Å². The molecule has 2 N–H and O–H groups in total. The minimum Gasteiger partial charge on any atom is -0.330 e. The molecule has 2 nitrogen and oxygen atoms in total. The number of nitrogens with two attached hydrogens (primary N) is 1. The van der Waals surface area contributed by atoms with E-state index in [4.69, 9.17) is 5.73 Å². The van der Waals surface area contributed by atoms with Crippen molar-refractivity contribution in [2.75, 3.05) is 26.7 Å². The van der Waals surface area contributed by atoms with Gasteiger partial charge in [0.25, 0.3) is 0 Å². The molecule has 0 radical (unpaired) electrons. The van der Waals surface area contributed by atoms with E-state index in [0.717, 1.165) is 18.4 Å². The Morgan fingerprint density at radius 1 is 1.25 bits per heavy atom. The Morgan fingerprint density at radius 2 is 1.83 bits per heavy atom. The van der Waals surface area contributed by atoms with Gasteiger partial charge in [-0.3, -0.25) is 0 Å². The molecule has 0 spiro atoms. The van der Waals surface area contributed by atoms with Gasteiger partial charge in [0.15, 0.2) is 0 Å². The Kier molecular flexibility index (Phi) is 4.02. The van der Waals surface area contributed by atoms with Gasteiger partial charge < -0.3 is 10.6 Å². The molecule has 1 aliphatic rings. The lowest BCUT2D eigenvalue weighted by atomic mass is 9.86. The van der Waals surface area contributed by atoms with Crippen LogP contribution < -0.4 is 5.73 Å². The normalized spacial score (nSPS) is 33.2. The zero-order valence-corrected chi connectivity index (χ0v) is 8.42. The fourth-order valence-corrected chi connectivity index (χ4v) is 2.20. The van der Waals surface area contributed by atoms with Crippen LogP contribution in [0.1, 0.15) is 26.2 Å². The first-order valence-corrected chi connectivity index (χ1v) is 5.16. The third-order valence-electron chi connectivity index (χ3n) is 3.26. The van der Waals surface area contributed by atoms with Crippen LogP contribution in [0, 0.1) is 11.8 Å². The molecule has 2 unspecified atom stereocenters. The molecule has 1 saturated heterocycles. The SMILES string of the molecule is CCC1CCN(C)CCC1CN. The highest BCUT2D eigenvalue weighted by Crippen LogP contribution is 2.25. The summed E-state index contributed by atoms with van der Waals surface area (Å²) in [6.45, 7) is 5.67. The van der Waals surface area contributed by atoms with Gasteiger partial charge in [-0.1, -0.05) is 13.3 Å². The van der Waals surface area contributed by atoms with E-state index in [1.807, 2.05) is 0 Å². The smallest absolute Gasteiger partial charge is 0.00186 e. The molecule has 0 aliphatic carbocycles. The van der Waals surface area contributed by atoms with Crippen molar-refractivity contribution in [2.24, 2.45) is 17.6 Å². The molecule has 0 aromatic rings. The maximum absolute atomic E-state index is 5.77. The van der Waals surface area contributed by atoms with Crippen molar-refractivity contribution in [1.29, 1.82) is 0 Å². The second-order valence-corrected chi connectivity index (χ2v) is 4.04. The van der Waals surface area contributed by atoms with Crippen molar-refractivity contribution in [1.82, 2.24) is 4.90 Å². The monoisotopic (exact) mass is 170 g/mol. The molecule has 0 saturated carbocycles. The van der Waals surface area contributed by atoms with Crippen molar-refractivity contribution in [3.63, 3.8) is 0 Å². The van der Waals surface area contributed by atoms with Crippen LogP contribution in [0.4, 0.5) is 0 Å². The van der Waals surface area contributed by atoms with Crippen molar-refractivity contribution < 1.29 is 0 Å². The van der Waals surface area contributed by atoms with Crippen LogP contribution in [0.15, 0.2) is 0 Å². The minimum atomic E-state index is 0.778. The highest BCUT2D eigenvalue weighted by Gasteiger charge is 2.22. The van der Waals surface area contributed by atoms with Gasteiger partial charge in [0.1, 0.15) is 0 Å². The van der Waals surface area contributed by atoms with E-state index in [1.165, 1.54) is 32.4 Å². The first kappa shape index (κ1) is 10.0. The molecule has 0 aromatic heterocycles. The van der Waals surface area contributed by atoms with Gasteiger partial charge in [-0.15, -0.1) is 0 Å². The summed E-state index contributed by atoms with van der Waals surface area (Å²) >= 11 is 0. The Balaban J connectivity index is 2.47. The Morgan fingerprint density at radius 3 is 2.33 bits per heavy atom. The Hall–Kier alpha value is -0.0800. The molecular weight excluding hydrogens is 148 g/mol. The second-order valence-electron chi connectivity index (χ2n) is 4.04. The fourth-order valence-electron chi connectivity index (χ4n) is 2.20. The minimum absolute atomic E-state index is 0.778. The molecule has 0 bridgehead atoms. The summed E-state index contributed by atoms with van der Waals surface area (Å²) in [7, 11) is 2.21. The number of hydrogen-bond acceptors (Lipinski definition) is 2. The molecule has 2 heteroatoms. The fraction of sp³-hybridized carbons (Fsp3) is 1.00. The molecule has 0 aromatic carbocycles. The van der Waals surface area contributed by atoms with Crippen LogP contribution in [-0.2, 0) is 0 Å². The van der Waals surface area contributed by atoms with Crippen LogP contribution in [0.3, 0.4) is 0 Å². The quantitative estimate of drug-likeness (QED) is 0.677. The standard InChI is InChI=1S/C10H22N2/c1-3-9-4-6-12(2)7-5-10(9)8-11/h9-10H,3-8,11H2,1-2H3.